The van der Waals surface area contributed by atoms with Gasteiger partial charge in [-0.05, 0) is 31.6 Å². The molecule has 0 aromatic carbocycles. The lowest BCUT2D eigenvalue weighted by Crippen LogP contribution is -2.46. The Kier molecular flexibility index (Phi) is 3.29. The molecule has 0 aromatic heterocycles. The van der Waals surface area contributed by atoms with E-state index in [2.05, 4.69) is 11.8 Å². The van der Waals surface area contributed by atoms with E-state index in [4.69, 9.17) is 0 Å². The van der Waals surface area contributed by atoms with E-state index in [1.54, 1.807) is 0 Å². The van der Waals surface area contributed by atoms with E-state index in [9.17, 15) is 8.78 Å². The summed E-state index contributed by atoms with van der Waals surface area (Å²) in [5.74, 6) is -1.55. The van der Waals surface area contributed by atoms with Gasteiger partial charge in [-0.25, -0.2) is 8.78 Å². The predicted molar refractivity (Wildman–Crippen MR) is 57.2 cm³/mol. The number of hydrogen-bond donors (Lipinski definition) is 0. The van der Waals surface area contributed by atoms with E-state index >= 15 is 0 Å². The van der Waals surface area contributed by atoms with Crippen molar-refractivity contribution >= 4 is 0 Å². The molecular weight excluding hydrogens is 196 g/mol. The molecule has 1 aliphatic heterocycles. The lowest BCUT2D eigenvalue weighted by Gasteiger charge is -2.40. The van der Waals surface area contributed by atoms with Crippen LogP contribution in [0.15, 0.2) is 0 Å². The Labute approximate surface area is 90.8 Å². The Balaban J connectivity index is 1.80. The van der Waals surface area contributed by atoms with Crippen LogP contribution in [-0.4, -0.2) is 30.0 Å². The van der Waals surface area contributed by atoms with E-state index in [-0.39, 0.29) is 12.8 Å². The first-order valence-corrected chi connectivity index (χ1v) is 6.19. The second-order valence-electron chi connectivity index (χ2n) is 5.31. The fourth-order valence-corrected chi connectivity index (χ4v) is 2.82. The fraction of sp³-hybridized carbons (Fsp3) is 1.00. The largest absolute Gasteiger partial charge is 0.300 e. The highest BCUT2D eigenvalue weighted by atomic mass is 19.3. The standard InChI is InChI=1S/C12H21F2N/c1-10-2-4-11(5-3-10)15-8-6-12(13,14)7-9-15/h10-11H,2-9H2,1H3/t10-,11+. The quantitative estimate of drug-likeness (QED) is 0.651. The van der Waals surface area contributed by atoms with Crippen LogP contribution in [0.2, 0.25) is 0 Å². The van der Waals surface area contributed by atoms with Crippen LogP contribution in [-0.2, 0) is 0 Å². The summed E-state index contributed by atoms with van der Waals surface area (Å²) in [4.78, 5) is 2.29. The van der Waals surface area contributed by atoms with Crippen LogP contribution in [0.25, 0.3) is 0 Å². The summed E-state index contributed by atoms with van der Waals surface area (Å²) in [5.41, 5.74) is 0. The first kappa shape index (κ1) is 11.3. The maximum absolute atomic E-state index is 13.0. The van der Waals surface area contributed by atoms with Crippen LogP contribution in [0, 0.1) is 5.92 Å². The first-order valence-electron chi connectivity index (χ1n) is 6.19. The Morgan fingerprint density at radius 1 is 1.00 bits per heavy atom. The van der Waals surface area contributed by atoms with Crippen molar-refractivity contribution < 1.29 is 8.78 Å². The average Bonchev–Trinajstić information content (AvgIpc) is 2.20. The molecule has 3 heteroatoms. The molecule has 0 N–H and O–H groups in total. The van der Waals surface area contributed by atoms with Crippen molar-refractivity contribution in [3.8, 4) is 0 Å². The number of halogens is 2. The Morgan fingerprint density at radius 3 is 2.07 bits per heavy atom. The van der Waals surface area contributed by atoms with Crippen LogP contribution in [0.1, 0.15) is 45.4 Å². The lowest BCUT2D eigenvalue weighted by atomic mass is 9.86. The minimum absolute atomic E-state index is 0.0685. The van der Waals surface area contributed by atoms with Gasteiger partial charge < -0.3 is 0 Å². The monoisotopic (exact) mass is 217 g/mol. The molecule has 2 aliphatic rings. The maximum Gasteiger partial charge on any atom is 0.250 e. The molecule has 0 aromatic rings. The Morgan fingerprint density at radius 2 is 1.53 bits per heavy atom. The van der Waals surface area contributed by atoms with Crippen molar-refractivity contribution in [1.29, 1.82) is 0 Å². The molecule has 1 heterocycles. The molecule has 88 valence electrons. The van der Waals surface area contributed by atoms with Crippen molar-refractivity contribution in [3.05, 3.63) is 0 Å². The van der Waals surface area contributed by atoms with Crippen molar-refractivity contribution in [2.45, 2.75) is 57.4 Å². The molecule has 0 atom stereocenters. The summed E-state index contributed by atoms with van der Waals surface area (Å²) in [6.07, 6.45) is 5.12. The van der Waals surface area contributed by atoms with Gasteiger partial charge in [-0.2, -0.15) is 0 Å². The molecule has 1 saturated carbocycles. The fourth-order valence-electron chi connectivity index (χ4n) is 2.82. The summed E-state index contributed by atoms with van der Waals surface area (Å²) >= 11 is 0. The lowest BCUT2D eigenvalue weighted by molar-refractivity contribution is -0.0664. The smallest absolute Gasteiger partial charge is 0.250 e. The average molecular weight is 217 g/mol. The summed E-state index contributed by atoms with van der Waals surface area (Å²) < 4.78 is 26.0. The topological polar surface area (TPSA) is 3.24 Å². The molecule has 0 bridgehead atoms. The third-order valence-corrected chi connectivity index (χ3v) is 4.03. The van der Waals surface area contributed by atoms with Gasteiger partial charge >= 0.3 is 0 Å². The van der Waals surface area contributed by atoms with E-state index in [0.717, 1.165) is 5.92 Å². The first-order chi connectivity index (χ1) is 7.07. The number of nitrogens with zero attached hydrogens (tertiary/aromatic N) is 1. The van der Waals surface area contributed by atoms with Crippen molar-refractivity contribution in [2.24, 2.45) is 5.92 Å². The highest BCUT2D eigenvalue weighted by molar-refractivity contribution is 4.84. The molecule has 2 rings (SSSR count). The SMILES string of the molecule is C[C@H]1CC[C@@H](N2CCC(F)(F)CC2)CC1. The second kappa shape index (κ2) is 4.36. The van der Waals surface area contributed by atoms with E-state index < -0.39 is 5.92 Å². The summed E-state index contributed by atoms with van der Waals surface area (Å²) in [6, 6.07) is 0.595. The van der Waals surface area contributed by atoms with Gasteiger partial charge in [-0.15, -0.1) is 0 Å². The molecule has 1 aliphatic carbocycles. The molecule has 0 amide bonds. The van der Waals surface area contributed by atoms with E-state index in [1.807, 2.05) is 0 Å². The highest BCUT2D eigenvalue weighted by Crippen LogP contribution is 2.33. The van der Waals surface area contributed by atoms with Gasteiger partial charge in [-0.1, -0.05) is 6.92 Å². The van der Waals surface area contributed by atoms with Crippen molar-refractivity contribution in [3.63, 3.8) is 0 Å². The number of rotatable bonds is 1. The van der Waals surface area contributed by atoms with Crippen molar-refractivity contribution in [1.82, 2.24) is 4.90 Å². The Bertz CT molecular complexity index is 200. The van der Waals surface area contributed by atoms with Crippen LogP contribution in [0.3, 0.4) is 0 Å². The number of piperidine rings is 1. The zero-order chi connectivity index (χ0) is 10.9. The van der Waals surface area contributed by atoms with E-state index in [0.29, 0.717) is 19.1 Å². The molecule has 1 nitrogen and oxygen atoms in total. The summed E-state index contributed by atoms with van der Waals surface area (Å²) in [6.45, 7) is 3.50. The molecule has 15 heavy (non-hydrogen) atoms. The van der Waals surface area contributed by atoms with Gasteiger partial charge in [0, 0.05) is 32.0 Å². The Hall–Kier alpha value is -0.180. The second-order valence-corrected chi connectivity index (χ2v) is 5.31. The number of hydrogen-bond acceptors (Lipinski definition) is 1. The van der Waals surface area contributed by atoms with Gasteiger partial charge in [0.2, 0.25) is 0 Å². The summed E-state index contributed by atoms with van der Waals surface area (Å²) in [5, 5.41) is 0. The van der Waals surface area contributed by atoms with Crippen LogP contribution < -0.4 is 0 Å². The minimum atomic E-state index is -2.39. The van der Waals surface area contributed by atoms with Crippen LogP contribution in [0.4, 0.5) is 8.78 Å². The van der Waals surface area contributed by atoms with Gasteiger partial charge in [0.1, 0.15) is 0 Å². The molecule has 2 fully saturated rings. The van der Waals surface area contributed by atoms with Crippen LogP contribution >= 0.6 is 0 Å². The third kappa shape index (κ3) is 2.90. The highest BCUT2D eigenvalue weighted by Gasteiger charge is 2.36. The molecule has 0 spiro atoms. The zero-order valence-electron chi connectivity index (χ0n) is 9.51. The maximum atomic E-state index is 13.0. The van der Waals surface area contributed by atoms with Gasteiger partial charge in [0.15, 0.2) is 0 Å². The molecule has 0 radical (unpaired) electrons. The van der Waals surface area contributed by atoms with Gasteiger partial charge in [-0.3, -0.25) is 4.90 Å². The zero-order valence-corrected chi connectivity index (χ0v) is 9.51. The van der Waals surface area contributed by atoms with E-state index in [1.165, 1.54) is 25.7 Å². The van der Waals surface area contributed by atoms with Gasteiger partial charge in [0.05, 0.1) is 0 Å². The minimum Gasteiger partial charge on any atom is -0.300 e. The summed E-state index contributed by atoms with van der Waals surface area (Å²) in [7, 11) is 0. The number of alkyl halides is 2. The van der Waals surface area contributed by atoms with Gasteiger partial charge in [0.25, 0.3) is 5.92 Å². The van der Waals surface area contributed by atoms with Crippen LogP contribution in [0.5, 0.6) is 0 Å². The van der Waals surface area contributed by atoms with Crippen molar-refractivity contribution in [2.75, 3.05) is 13.1 Å². The number of likely N-dealkylation sites (tertiary alicyclic amines) is 1. The molecular formula is C12H21F2N. The molecule has 1 saturated heterocycles. The third-order valence-electron chi connectivity index (χ3n) is 4.03. The molecule has 0 unspecified atom stereocenters. The normalized spacial score (nSPS) is 37.8. The predicted octanol–water partition coefficient (Wildman–Crippen LogP) is 3.30.